The van der Waals surface area contributed by atoms with E-state index in [-0.39, 0.29) is 36.1 Å². The normalized spacial score (nSPS) is 16.1. The molecule has 0 saturated heterocycles. The highest BCUT2D eigenvalue weighted by Gasteiger charge is 2.37. The lowest BCUT2D eigenvalue weighted by atomic mass is 10.1. The highest BCUT2D eigenvalue weighted by Crippen LogP contribution is 2.36. The number of fused-ring (bicyclic) bond motifs is 1. The van der Waals surface area contributed by atoms with Gasteiger partial charge in [0.05, 0.1) is 23.3 Å². The number of hydrogen-bond donors (Lipinski definition) is 1. The van der Waals surface area contributed by atoms with E-state index >= 15 is 0 Å². The summed E-state index contributed by atoms with van der Waals surface area (Å²) in [6.07, 6.45) is 1.75. The van der Waals surface area contributed by atoms with E-state index in [2.05, 4.69) is 21.2 Å². The fourth-order valence-electron chi connectivity index (χ4n) is 4.47. The van der Waals surface area contributed by atoms with E-state index < -0.39 is 0 Å². The Kier molecular flexibility index (Phi) is 6.12. The third-order valence-electron chi connectivity index (χ3n) is 6.44. The quantitative estimate of drug-likeness (QED) is 0.513. The van der Waals surface area contributed by atoms with E-state index in [4.69, 9.17) is 11.6 Å². The second-order valence-electron chi connectivity index (χ2n) is 8.79. The van der Waals surface area contributed by atoms with Crippen LogP contribution in [0.3, 0.4) is 0 Å². The predicted molar refractivity (Wildman–Crippen MR) is 133 cm³/mol. The Morgan fingerprint density at radius 2 is 1.85 bits per heavy atom. The number of nitrogens with zero attached hydrogens (tertiary/aromatic N) is 3. The molecule has 1 aliphatic carbocycles. The van der Waals surface area contributed by atoms with Gasteiger partial charge < -0.3 is 10.2 Å². The second-order valence-corrected chi connectivity index (χ2v) is 10.1. The number of imidazole rings is 1. The molecule has 7 nitrogen and oxygen atoms in total. The van der Waals surface area contributed by atoms with E-state index in [1.165, 1.54) is 0 Å². The fraction of sp³-hybridized carbons (Fsp3) is 0.320. The zero-order valence-corrected chi connectivity index (χ0v) is 21.0. The summed E-state index contributed by atoms with van der Waals surface area (Å²) < 4.78 is 4.00. The number of halogens is 2. The summed E-state index contributed by atoms with van der Waals surface area (Å²) in [5.74, 6) is -0.480. The Morgan fingerprint density at radius 1 is 1.12 bits per heavy atom. The highest BCUT2D eigenvalue weighted by atomic mass is 79.9. The molecule has 1 aromatic heterocycles. The van der Waals surface area contributed by atoms with Gasteiger partial charge in [0.15, 0.2) is 0 Å². The molecule has 2 aliphatic rings. The van der Waals surface area contributed by atoms with Crippen LogP contribution in [0.5, 0.6) is 0 Å². The molecule has 0 spiro atoms. The van der Waals surface area contributed by atoms with Gasteiger partial charge in [-0.15, -0.1) is 0 Å². The summed E-state index contributed by atoms with van der Waals surface area (Å²) in [6.45, 7) is 2.83. The molecule has 1 N–H and O–H groups in total. The van der Waals surface area contributed by atoms with E-state index in [0.29, 0.717) is 39.5 Å². The molecule has 2 aromatic carbocycles. The van der Waals surface area contributed by atoms with Crippen molar-refractivity contribution in [2.24, 2.45) is 0 Å². The Hall–Kier alpha value is -2.84. The zero-order valence-electron chi connectivity index (χ0n) is 18.6. The molecule has 176 valence electrons. The van der Waals surface area contributed by atoms with Crippen LogP contribution < -0.4 is 11.0 Å². The minimum Gasteiger partial charge on any atom is -0.344 e. The maximum Gasteiger partial charge on any atom is 0.329 e. The zero-order chi connectivity index (χ0) is 24.0. The van der Waals surface area contributed by atoms with Crippen molar-refractivity contribution in [1.82, 2.24) is 19.4 Å². The Bertz CT molecular complexity index is 1330. The molecule has 0 bridgehead atoms. The molecule has 1 saturated carbocycles. The maximum atomic E-state index is 13.5. The molecule has 1 fully saturated rings. The number of aromatic nitrogens is 2. The van der Waals surface area contributed by atoms with Crippen LogP contribution in [0.25, 0.3) is 0 Å². The number of carbonyl (C=O) groups excluding carboxylic acids is 2. The monoisotopic (exact) mass is 542 g/mol. The van der Waals surface area contributed by atoms with Gasteiger partial charge in [-0.3, -0.25) is 18.7 Å². The average molecular weight is 544 g/mol. The molecule has 2 amide bonds. The van der Waals surface area contributed by atoms with Crippen LogP contribution in [-0.2, 0) is 13.1 Å². The number of amides is 2. The number of nitrogens with one attached hydrogen (secondary N) is 1. The molecule has 2 heterocycles. The van der Waals surface area contributed by atoms with Crippen LogP contribution in [0.2, 0.25) is 5.02 Å². The molecule has 5 rings (SSSR count). The molecule has 0 radical (unpaired) electrons. The molecule has 1 atom stereocenters. The molecule has 34 heavy (non-hydrogen) atoms. The number of rotatable bonds is 5. The molecule has 1 aliphatic heterocycles. The summed E-state index contributed by atoms with van der Waals surface area (Å²) in [5, 5.41) is 3.50. The van der Waals surface area contributed by atoms with E-state index in [0.717, 1.165) is 18.4 Å². The lowest BCUT2D eigenvalue weighted by molar-refractivity contribution is 0.0706. The lowest BCUT2D eigenvalue weighted by Crippen LogP contribution is -2.41. The van der Waals surface area contributed by atoms with Crippen LogP contribution in [0.15, 0.2) is 57.8 Å². The van der Waals surface area contributed by atoms with E-state index in [1.807, 2.05) is 37.3 Å². The number of benzene rings is 2. The molecule has 3 aromatic rings. The van der Waals surface area contributed by atoms with Crippen LogP contribution in [0, 0.1) is 0 Å². The van der Waals surface area contributed by atoms with Gasteiger partial charge in [-0.1, -0.05) is 41.9 Å². The number of carbonyl (C=O) groups is 2. The summed E-state index contributed by atoms with van der Waals surface area (Å²) in [4.78, 5) is 41.6. The summed E-state index contributed by atoms with van der Waals surface area (Å²) in [5.41, 5.74) is 2.22. The second kappa shape index (κ2) is 9.07. The minimum absolute atomic E-state index is 0.0350. The first-order chi connectivity index (χ1) is 16.3. The van der Waals surface area contributed by atoms with Gasteiger partial charge in [-0.05, 0) is 59.5 Å². The number of hydrogen-bond acceptors (Lipinski definition) is 3. The Balaban J connectivity index is 1.47. The van der Waals surface area contributed by atoms with Crippen LogP contribution in [-0.4, -0.2) is 32.4 Å². The van der Waals surface area contributed by atoms with Gasteiger partial charge in [-0.25, -0.2) is 4.79 Å². The van der Waals surface area contributed by atoms with Crippen molar-refractivity contribution in [3.05, 3.63) is 91.0 Å². The van der Waals surface area contributed by atoms with Gasteiger partial charge in [0, 0.05) is 29.2 Å². The van der Waals surface area contributed by atoms with Gasteiger partial charge in [0.2, 0.25) is 0 Å². The van der Waals surface area contributed by atoms with Crippen molar-refractivity contribution in [3.63, 3.8) is 0 Å². The SMILES string of the molecule is CC(NC(=O)c1c2n(c(=O)n1C1CC1)CCN(C(=O)c1ccc(Br)c(Cl)c1)C2)c1ccccc1. The fourth-order valence-corrected chi connectivity index (χ4v) is 4.89. The van der Waals surface area contributed by atoms with Crippen molar-refractivity contribution in [1.29, 1.82) is 0 Å². The largest absolute Gasteiger partial charge is 0.344 e. The van der Waals surface area contributed by atoms with Gasteiger partial charge in [-0.2, -0.15) is 0 Å². The average Bonchev–Trinajstić information content (AvgIpc) is 3.64. The van der Waals surface area contributed by atoms with Crippen molar-refractivity contribution < 1.29 is 9.59 Å². The predicted octanol–water partition coefficient (Wildman–Crippen LogP) is 4.55. The summed E-state index contributed by atoms with van der Waals surface area (Å²) in [6, 6.07) is 14.6. The minimum atomic E-state index is -0.296. The first-order valence-electron chi connectivity index (χ1n) is 11.3. The van der Waals surface area contributed by atoms with Crippen LogP contribution in [0.1, 0.15) is 64.0 Å². The molecule has 9 heteroatoms. The molecular formula is C25H24BrClN4O3. The van der Waals surface area contributed by atoms with Gasteiger partial charge in [0.25, 0.3) is 11.8 Å². The highest BCUT2D eigenvalue weighted by molar-refractivity contribution is 9.10. The standard InChI is InChI=1S/C25H24BrClN4O3/c1-15(16-5-3-2-4-6-16)28-23(32)22-21-14-29(24(33)17-7-10-19(26)20(27)13-17)11-12-30(21)25(34)31(22)18-8-9-18/h2-7,10,13,15,18H,8-9,11-12,14H2,1H3,(H,28,32). The van der Waals surface area contributed by atoms with E-state index in [9.17, 15) is 14.4 Å². The van der Waals surface area contributed by atoms with Gasteiger partial charge in [0.1, 0.15) is 5.69 Å². The van der Waals surface area contributed by atoms with Crippen molar-refractivity contribution >= 4 is 39.3 Å². The third-order valence-corrected chi connectivity index (χ3v) is 7.67. The van der Waals surface area contributed by atoms with E-state index in [1.54, 1.807) is 32.2 Å². The first-order valence-corrected chi connectivity index (χ1v) is 12.5. The lowest BCUT2D eigenvalue weighted by Gasteiger charge is -2.28. The Morgan fingerprint density at radius 3 is 2.53 bits per heavy atom. The van der Waals surface area contributed by atoms with Crippen molar-refractivity contribution in [2.75, 3.05) is 6.54 Å². The van der Waals surface area contributed by atoms with Gasteiger partial charge >= 0.3 is 5.69 Å². The summed E-state index contributed by atoms with van der Waals surface area (Å²) >= 11 is 9.54. The van der Waals surface area contributed by atoms with Crippen molar-refractivity contribution in [2.45, 2.75) is 44.9 Å². The Labute approximate surface area is 210 Å². The molecular weight excluding hydrogens is 520 g/mol. The topological polar surface area (TPSA) is 76.3 Å². The third kappa shape index (κ3) is 4.20. The van der Waals surface area contributed by atoms with Crippen LogP contribution >= 0.6 is 27.5 Å². The van der Waals surface area contributed by atoms with Crippen LogP contribution in [0.4, 0.5) is 0 Å². The maximum absolute atomic E-state index is 13.5. The smallest absolute Gasteiger partial charge is 0.329 e. The summed E-state index contributed by atoms with van der Waals surface area (Å²) in [7, 11) is 0. The molecule has 1 unspecified atom stereocenters. The first kappa shape index (κ1) is 22.9. The van der Waals surface area contributed by atoms with Crippen molar-refractivity contribution in [3.8, 4) is 0 Å².